The van der Waals surface area contributed by atoms with Crippen molar-refractivity contribution in [1.82, 2.24) is 15.1 Å². The van der Waals surface area contributed by atoms with Crippen LogP contribution in [0.5, 0.6) is 0 Å². The zero-order valence-corrected chi connectivity index (χ0v) is 17.3. The van der Waals surface area contributed by atoms with Crippen molar-refractivity contribution in [3.8, 4) is 11.5 Å². The Hall–Kier alpha value is -1.94. The Morgan fingerprint density at radius 1 is 1.36 bits per heavy atom. The van der Waals surface area contributed by atoms with Crippen LogP contribution in [0.1, 0.15) is 26.7 Å². The molecule has 1 aromatic heterocycles. The summed E-state index contributed by atoms with van der Waals surface area (Å²) in [5, 5.41) is 8.07. The maximum absolute atomic E-state index is 13.0. The average molecular weight is 428 g/mol. The first-order valence-corrected chi connectivity index (χ1v) is 11.8. The first-order chi connectivity index (χ1) is 13.3. The van der Waals surface area contributed by atoms with E-state index in [4.69, 9.17) is 4.42 Å². The van der Waals surface area contributed by atoms with Gasteiger partial charge in [0.05, 0.1) is 17.3 Å². The van der Waals surface area contributed by atoms with Gasteiger partial charge in [0.2, 0.25) is 11.8 Å². The summed E-state index contributed by atoms with van der Waals surface area (Å²) in [6, 6.07) is 5.33. The molecule has 0 bridgehead atoms. The predicted molar refractivity (Wildman–Crippen MR) is 104 cm³/mol. The number of sulfone groups is 1. The maximum atomic E-state index is 13.0. The van der Waals surface area contributed by atoms with E-state index < -0.39 is 9.84 Å². The third-order valence-corrected chi connectivity index (χ3v) is 7.33. The van der Waals surface area contributed by atoms with Gasteiger partial charge in [-0.1, -0.05) is 18.7 Å². The highest BCUT2D eigenvalue weighted by molar-refractivity contribution is 7.99. The monoisotopic (exact) mass is 427 g/mol. The Morgan fingerprint density at radius 2 is 2.07 bits per heavy atom. The fraction of sp³-hybridized carbons (Fsp3) is 0.500. The zero-order chi connectivity index (χ0) is 20.3. The summed E-state index contributed by atoms with van der Waals surface area (Å²) in [6.07, 6.45) is 1.21. The van der Waals surface area contributed by atoms with E-state index in [1.807, 2.05) is 13.8 Å². The molecule has 0 N–H and O–H groups in total. The highest BCUT2D eigenvalue weighted by atomic mass is 32.2. The second-order valence-electron chi connectivity index (χ2n) is 6.78. The number of carbonyl (C=O) groups excluding carboxylic acids is 1. The molecule has 2 heterocycles. The number of hydrogen-bond acceptors (Lipinski definition) is 7. The van der Waals surface area contributed by atoms with E-state index in [1.165, 1.54) is 24.3 Å². The Kier molecular flexibility index (Phi) is 6.39. The van der Waals surface area contributed by atoms with Gasteiger partial charge in [-0.25, -0.2) is 12.8 Å². The number of benzene rings is 1. The third-order valence-electron chi connectivity index (χ3n) is 4.77. The van der Waals surface area contributed by atoms with Crippen molar-refractivity contribution < 1.29 is 22.0 Å². The van der Waals surface area contributed by atoms with Crippen LogP contribution in [-0.4, -0.2) is 58.8 Å². The van der Waals surface area contributed by atoms with Crippen LogP contribution in [0.25, 0.3) is 11.5 Å². The van der Waals surface area contributed by atoms with Gasteiger partial charge in [0, 0.05) is 17.6 Å². The SMILES string of the molecule is CCC(C)N(C(=O)CSc1nnc(-c2ccc(F)cc2)o1)C1CCS(=O)(=O)C1. The lowest BCUT2D eigenvalue weighted by atomic mass is 10.1. The zero-order valence-electron chi connectivity index (χ0n) is 15.7. The van der Waals surface area contributed by atoms with Crippen molar-refractivity contribution in [3.63, 3.8) is 0 Å². The van der Waals surface area contributed by atoms with Crippen LogP contribution in [0.2, 0.25) is 0 Å². The van der Waals surface area contributed by atoms with Gasteiger partial charge in [0.15, 0.2) is 9.84 Å². The lowest BCUT2D eigenvalue weighted by Crippen LogP contribution is -2.47. The minimum atomic E-state index is -3.08. The van der Waals surface area contributed by atoms with Crippen molar-refractivity contribution in [3.05, 3.63) is 30.1 Å². The van der Waals surface area contributed by atoms with E-state index in [-0.39, 0.29) is 52.2 Å². The number of halogens is 1. The molecule has 2 atom stereocenters. The Balaban J connectivity index is 1.65. The van der Waals surface area contributed by atoms with E-state index in [0.29, 0.717) is 12.0 Å². The summed E-state index contributed by atoms with van der Waals surface area (Å²) in [4.78, 5) is 14.5. The normalized spacial score (nSPS) is 19.5. The highest BCUT2D eigenvalue weighted by Crippen LogP contribution is 2.26. The van der Waals surface area contributed by atoms with E-state index >= 15 is 0 Å². The van der Waals surface area contributed by atoms with Crippen molar-refractivity contribution >= 4 is 27.5 Å². The number of carbonyl (C=O) groups is 1. The topological polar surface area (TPSA) is 93.4 Å². The van der Waals surface area contributed by atoms with Crippen LogP contribution in [0.4, 0.5) is 4.39 Å². The number of rotatable bonds is 7. The van der Waals surface area contributed by atoms with Crippen molar-refractivity contribution in [2.24, 2.45) is 0 Å². The molecular formula is C18H22FN3O4S2. The summed E-state index contributed by atoms with van der Waals surface area (Å²) < 4.78 is 42.2. The highest BCUT2D eigenvalue weighted by Gasteiger charge is 2.36. The first kappa shape index (κ1) is 20.8. The Morgan fingerprint density at radius 3 is 2.68 bits per heavy atom. The van der Waals surface area contributed by atoms with E-state index in [0.717, 1.165) is 18.2 Å². The van der Waals surface area contributed by atoms with Gasteiger partial charge < -0.3 is 9.32 Å². The van der Waals surface area contributed by atoms with Crippen molar-refractivity contribution in [2.75, 3.05) is 17.3 Å². The second-order valence-corrected chi connectivity index (χ2v) is 9.94. The van der Waals surface area contributed by atoms with Gasteiger partial charge in [0.25, 0.3) is 5.22 Å². The molecule has 1 aliphatic rings. The number of nitrogens with zero attached hydrogens (tertiary/aromatic N) is 3. The van der Waals surface area contributed by atoms with Crippen LogP contribution in [0.15, 0.2) is 33.9 Å². The summed E-state index contributed by atoms with van der Waals surface area (Å²) in [7, 11) is -3.08. The molecule has 152 valence electrons. The minimum absolute atomic E-state index is 0.0169. The number of hydrogen-bond donors (Lipinski definition) is 0. The van der Waals surface area contributed by atoms with Crippen LogP contribution < -0.4 is 0 Å². The Bertz CT molecular complexity index is 931. The van der Waals surface area contributed by atoms with Crippen LogP contribution in [-0.2, 0) is 14.6 Å². The van der Waals surface area contributed by atoms with Crippen LogP contribution >= 0.6 is 11.8 Å². The molecule has 1 saturated heterocycles. The smallest absolute Gasteiger partial charge is 0.277 e. The lowest BCUT2D eigenvalue weighted by molar-refractivity contribution is -0.132. The molecule has 0 radical (unpaired) electrons. The molecule has 0 spiro atoms. The summed E-state index contributed by atoms with van der Waals surface area (Å²) in [5.41, 5.74) is 0.587. The molecule has 3 rings (SSSR count). The third kappa shape index (κ3) is 4.91. The van der Waals surface area contributed by atoms with Gasteiger partial charge in [-0.15, -0.1) is 10.2 Å². The fourth-order valence-corrected chi connectivity index (χ4v) is 5.52. The lowest BCUT2D eigenvalue weighted by Gasteiger charge is -2.33. The van der Waals surface area contributed by atoms with E-state index in [2.05, 4.69) is 10.2 Å². The number of aromatic nitrogens is 2. The largest absolute Gasteiger partial charge is 0.411 e. The van der Waals surface area contributed by atoms with Gasteiger partial charge in [-0.3, -0.25) is 4.79 Å². The quantitative estimate of drug-likeness (QED) is 0.627. The van der Waals surface area contributed by atoms with Crippen LogP contribution in [0.3, 0.4) is 0 Å². The molecule has 0 aliphatic carbocycles. The van der Waals surface area contributed by atoms with Gasteiger partial charge in [-0.2, -0.15) is 0 Å². The molecule has 2 unspecified atom stereocenters. The molecule has 2 aromatic rings. The molecule has 0 saturated carbocycles. The standard InChI is InChI=1S/C18H22FN3O4S2/c1-3-12(2)22(15-8-9-28(24,25)11-15)16(23)10-27-18-21-20-17(26-18)13-4-6-14(19)7-5-13/h4-7,12,15H,3,8-11H2,1-2H3. The van der Waals surface area contributed by atoms with Gasteiger partial charge in [-0.05, 0) is 44.0 Å². The van der Waals surface area contributed by atoms with Crippen molar-refractivity contribution in [2.45, 2.75) is 44.0 Å². The fourth-order valence-electron chi connectivity index (χ4n) is 3.18. The van der Waals surface area contributed by atoms with Crippen molar-refractivity contribution in [1.29, 1.82) is 0 Å². The first-order valence-electron chi connectivity index (χ1n) is 9.03. The van der Waals surface area contributed by atoms with E-state index in [9.17, 15) is 17.6 Å². The molecule has 1 fully saturated rings. The molecule has 1 aliphatic heterocycles. The molecule has 10 heteroatoms. The predicted octanol–water partition coefficient (Wildman–Crippen LogP) is 2.78. The molecule has 7 nitrogen and oxygen atoms in total. The average Bonchev–Trinajstić information content (AvgIpc) is 3.27. The number of thioether (sulfide) groups is 1. The minimum Gasteiger partial charge on any atom is -0.411 e. The van der Waals surface area contributed by atoms with Gasteiger partial charge in [0.1, 0.15) is 5.82 Å². The van der Waals surface area contributed by atoms with Gasteiger partial charge >= 0.3 is 0 Å². The molecule has 28 heavy (non-hydrogen) atoms. The summed E-state index contributed by atoms with van der Waals surface area (Å²) in [5.74, 6) is -0.0499. The van der Waals surface area contributed by atoms with Crippen LogP contribution in [0, 0.1) is 5.82 Å². The number of amides is 1. The Labute approximate surface area is 167 Å². The second kappa shape index (κ2) is 8.60. The van der Waals surface area contributed by atoms with E-state index in [1.54, 1.807) is 4.90 Å². The molecular weight excluding hydrogens is 405 g/mol. The summed E-state index contributed by atoms with van der Waals surface area (Å²) in [6.45, 7) is 3.89. The summed E-state index contributed by atoms with van der Waals surface area (Å²) >= 11 is 1.11. The molecule has 1 aromatic carbocycles. The maximum Gasteiger partial charge on any atom is 0.277 e. The molecule has 1 amide bonds.